The summed E-state index contributed by atoms with van der Waals surface area (Å²) in [5.74, 6) is -0.557. The van der Waals surface area contributed by atoms with E-state index >= 15 is 0 Å². The van der Waals surface area contributed by atoms with Gasteiger partial charge in [-0.3, -0.25) is 4.79 Å². The highest BCUT2D eigenvalue weighted by Gasteiger charge is 2.15. The Bertz CT molecular complexity index is 992. The Morgan fingerprint density at radius 2 is 2.12 bits per heavy atom. The zero-order chi connectivity index (χ0) is 18.0. The van der Waals surface area contributed by atoms with Crippen LogP contribution in [0.1, 0.15) is 17.3 Å². The first-order valence-electron chi connectivity index (χ1n) is 7.53. The van der Waals surface area contributed by atoms with Crippen LogP contribution >= 0.6 is 0 Å². The number of hydrogen-bond donors (Lipinski definition) is 2. The summed E-state index contributed by atoms with van der Waals surface area (Å²) < 4.78 is 11.2. The Labute approximate surface area is 142 Å². The Kier molecular flexibility index (Phi) is 4.49. The topological polar surface area (TPSA) is 110 Å². The van der Waals surface area contributed by atoms with Crippen LogP contribution in [0.25, 0.3) is 22.4 Å². The minimum Gasteiger partial charge on any atom is -0.488 e. The van der Waals surface area contributed by atoms with Crippen molar-refractivity contribution in [2.45, 2.75) is 13.0 Å². The summed E-state index contributed by atoms with van der Waals surface area (Å²) in [6.07, 6.45) is 0.869. The van der Waals surface area contributed by atoms with E-state index in [2.05, 4.69) is 4.98 Å². The van der Waals surface area contributed by atoms with E-state index in [0.717, 1.165) is 0 Å². The van der Waals surface area contributed by atoms with Gasteiger partial charge in [0.1, 0.15) is 23.6 Å². The molecule has 7 nitrogen and oxygen atoms in total. The van der Waals surface area contributed by atoms with Crippen LogP contribution in [-0.4, -0.2) is 33.9 Å². The Morgan fingerprint density at radius 1 is 1.32 bits per heavy atom. The van der Waals surface area contributed by atoms with Crippen LogP contribution in [0.3, 0.4) is 0 Å². The van der Waals surface area contributed by atoms with Crippen molar-refractivity contribution in [3.05, 3.63) is 58.4 Å². The van der Waals surface area contributed by atoms with Crippen molar-refractivity contribution in [1.29, 1.82) is 0 Å². The minimum absolute atomic E-state index is 0.00587. The third kappa shape index (κ3) is 3.51. The van der Waals surface area contributed by atoms with E-state index in [0.29, 0.717) is 11.4 Å². The molecule has 1 aromatic carbocycles. The summed E-state index contributed by atoms with van der Waals surface area (Å²) >= 11 is 0. The average Bonchev–Trinajstić information content (AvgIpc) is 2.59. The lowest BCUT2D eigenvalue weighted by Gasteiger charge is -2.11. The number of carbonyl (C=O) groups is 1. The molecule has 0 aliphatic heterocycles. The molecule has 0 aliphatic carbocycles. The average molecular weight is 341 g/mol. The van der Waals surface area contributed by atoms with Crippen LogP contribution in [0.4, 0.5) is 0 Å². The van der Waals surface area contributed by atoms with Gasteiger partial charge in [-0.1, -0.05) is 0 Å². The molecular formula is C18H15NO6. The third-order valence-electron chi connectivity index (χ3n) is 3.46. The van der Waals surface area contributed by atoms with Gasteiger partial charge < -0.3 is 19.4 Å². The molecule has 0 saturated heterocycles. The lowest BCUT2D eigenvalue weighted by molar-refractivity contribution is 0.0697. The van der Waals surface area contributed by atoms with Gasteiger partial charge in [0.15, 0.2) is 11.2 Å². The van der Waals surface area contributed by atoms with Gasteiger partial charge >= 0.3 is 5.97 Å². The van der Waals surface area contributed by atoms with Crippen molar-refractivity contribution in [3.63, 3.8) is 0 Å². The fourth-order valence-electron chi connectivity index (χ4n) is 2.31. The number of carboxylic acids is 1. The van der Waals surface area contributed by atoms with Crippen LogP contribution < -0.4 is 10.2 Å². The molecule has 2 heterocycles. The van der Waals surface area contributed by atoms with Gasteiger partial charge in [0, 0.05) is 12.3 Å². The Hall–Kier alpha value is -3.19. The maximum Gasteiger partial charge on any atom is 0.335 e. The summed E-state index contributed by atoms with van der Waals surface area (Å²) in [5, 5.41) is 18.6. The number of aliphatic hydroxyl groups excluding tert-OH is 1. The molecule has 0 saturated carbocycles. The predicted molar refractivity (Wildman–Crippen MR) is 89.9 cm³/mol. The molecular weight excluding hydrogens is 326 g/mol. The second kappa shape index (κ2) is 6.74. The minimum atomic E-state index is -1.12. The summed E-state index contributed by atoms with van der Waals surface area (Å²) in [6, 6.07) is 8.63. The lowest BCUT2D eigenvalue weighted by atomic mass is 10.1. The van der Waals surface area contributed by atoms with E-state index in [1.807, 2.05) is 0 Å². The first kappa shape index (κ1) is 16.7. The summed E-state index contributed by atoms with van der Waals surface area (Å²) in [7, 11) is 0. The lowest BCUT2D eigenvalue weighted by Crippen LogP contribution is -2.13. The number of ether oxygens (including phenoxy) is 1. The molecule has 2 aromatic heterocycles. The van der Waals surface area contributed by atoms with E-state index in [4.69, 9.17) is 14.3 Å². The van der Waals surface area contributed by atoms with Crippen LogP contribution in [0.2, 0.25) is 0 Å². The zero-order valence-corrected chi connectivity index (χ0v) is 13.3. The van der Waals surface area contributed by atoms with Gasteiger partial charge in [0.05, 0.1) is 17.1 Å². The number of aliphatic hydroxyl groups is 1. The number of nitrogens with zero attached hydrogens (tertiary/aromatic N) is 1. The largest absolute Gasteiger partial charge is 0.488 e. The Balaban J connectivity index is 2.10. The first-order valence-corrected chi connectivity index (χ1v) is 7.53. The molecule has 0 fully saturated rings. The maximum absolute atomic E-state index is 12.4. The molecule has 7 heteroatoms. The molecule has 2 N–H and O–H groups in total. The number of hydrogen-bond acceptors (Lipinski definition) is 6. The molecule has 1 unspecified atom stereocenters. The predicted octanol–water partition coefficient (Wildman–Crippen LogP) is 2.31. The molecule has 25 heavy (non-hydrogen) atoms. The maximum atomic E-state index is 12.4. The number of rotatable bonds is 5. The van der Waals surface area contributed by atoms with Gasteiger partial charge in [-0.25, -0.2) is 9.78 Å². The quantitative estimate of drug-likeness (QED) is 0.732. The van der Waals surface area contributed by atoms with Crippen LogP contribution in [0.15, 0.2) is 51.8 Å². The molecule has 3 aromatic rings. The highest BCUT2D eigenvalue weighted by molar-refractivity contribution is 5.93. The van der Waals surface area contributed by atoms with Crippen LogP contribution in [0, 0.1) is 0 Å². The molecule has 0 amide bonds. The van der Waals surface area contributed by atoms with Crippen LogP contribution in [-0.2, 0) is 0 Å². The summed E-state index contributed by atoms with van der Waals surface area (Å²) in [6.45, 7) is 1.66. The number of pyridine rings is 1. The van der Waals surface area contributed by atoms with Gasteiger partial charge in [-0.2, -0.15) is 0 Å². The molecule has 0 spiro atoms. The zero-order valence-electron chi connectivity index (χ0n) is 13.3. The smallest absolute Gasteiger partial charge is 0.335 e. The van der Waals surface area contributed by atoms with Crippen LogP contribution in [0.5, 0.6) is 5.75 Å². The van der Waals surface area contributed by atoms with Gasteiger partial charge in [0.25, 0.3) is 0 Å². The van der Waals surface area contributed by atoms with E-state index in [1.54, 1.807) is 19.1 Å². The van der Waals surface area contributed by atoms with Gasteiger partial charge in [0.2, 0.25) is 0 Å². The highest BCUT2D eigenvalue weighted by atomic mass is 16.5. The van der Waals surface area contributed by atoms with Crippen molar-refractivity contribution in [2.24, 2.45) is 0 Å². The SMILES string of the molecule is CC(O)COc1cccnc1-c1cc(=O)c2cc(C(=O)O)ccc2o1. The van der Waals surface area contributed by atoms with Crippen molar-refractivity contribution in [3.8, 4) is 17.2 Å². The number of carboxylic acid groups (broad SMARTS) is 1. The fraction of sp³-hybridized carbons (Fsp3) is 0.167. The summed E-state index contributed by atoms with van der Waals surface area (Å²) in [4.78, 5) is 27.6. The van der Waals surface area contributed by atoms with E-state index in [1.165, 1.54) is 30.5 Å². The van der Waals surface area contributed by atoms with Crippen molar-refractivity contribution < 1.29 is 24.2 Å². The molecule has 1 atom stereocenters. The number of fused-ring (bicyclic) bond motifs is 1. The monoisotopic (exact) mass is 341 g/mol. The number of benzene rings is 1. The summed E-state index contributed by atoms with van der Waals surface area (Å²) in [5.41, 5.74) is 0.196. The van der Waals surface area contributed by atoms with E-state index in [9.17, 15) is 14.7 Å². The van der Waals surface area contributed by atoms with Gasteiger partial charge in [-0.05, 0) is 37.3 Å². The van der Waals surface area contributed by atoms with E-state index < -0.39 is 12.1 Å². The Morgan fingerprint density at radius 3 is 2.84 bits per heavy atom. The standard InChI is InChI=1S/C18H15NO6/c1-10(20)9-24-15-3-2-6-19-17(15)16-8-13(21)12-7-11(18(22)23)4-5-14(12)25-16/h2-8,10,20H,9H2,1H3,(H,22,23). The fourth-order valence-corrected chi connectivity index (χ4v) is 2.31. The normalized spacial score (nSPS) is 12.1. The van der Waals surface area contributed by atoms with Gasteiger partial charge in [-0.15, -0.1) is 0 Å². The highest BCUT2D eigenvalue weighted by Crippen LogP contribution is 2.29. The van der Waals surface area contributed by atoms with Crippen molar-refractivity contribution in [1.82, 2.24) is 4.98 Å². The van der Waals surface area contributed by atoms with E-state index in [-0.39, 0.29) is 34.3 Å². The molecule has 128 valence electrons. The van der Waals surface area contributed by atoms with Crippen molar-refractivity contribution >= 4 is 16.9 Å². The first-order chi connectivity index (χ1) is 12.0. The molecule has 0 bridgehead atoms. The molecule has 3 rings (SSSR count). The molecule has 0 radical (unpaired) electrons. The second-order valence-electron chi connectivity index (χ2n) is 5.50. The molecule has 0 aliphatic rings. The third-order valence-corrected chi connectivity index (χ3v) is 3.46. The number of aromatic carboxylic acids is 1. The second-order valence-corrected chi connectivity index (χ2v) is 5.50. The van der Waals surface area contributed by atoms with Crippen molar-refractivity contribution in [2.75, 3.05) is 6.61 Å². The number of aromatic nitrogens is 1.